The number of hydrogen-bond donors (Lipinski definition) is 0. The average Bonchev–Trinajstić information content (AvgIpc) is 3.56. The first-order chi connectivity index (χ1) is 23.9. The molecule has 1 fully saturated rings. The van der Waals surface area contributed by atoms with E-state index in [1.54, 1.807) is 19.2 Å². The molecule has 0 aliphatic heterocycles. The van der Waals surface area contributed by atoms with Gasteiger partial charge in [-0.05, 0) is 54.7 Å². The lowest BCUT2D eigenvalue weighted by atomic mass is 9.86. The monoisotopic (exact) mass is 769 g/mol. The summed E-state index contributed by atoms with van der Waals surface area (Å²) in [7, 11) is -1.95. The molecule has 3 heterocycles. The van der Waals surface area contributed by atoms with Crippen molar-refractivity contribution < 1.29 is 39.6 Å². The Morgan fingerprint density at radius 1 is 1.02 bits per heavy atom. The zero-order valence-electron chi connectivity index (χ0n) is 26.8. The number of carbonyl (C=O) groups is 1. The first-order valence-corrected chi connectivity index (χ1v) is 18.5. The summed E-state index contributed by atoms with van der Waals surface area (Å²) < 4.78 is 114. The van der Waals surface area contributed by atoms with E-state index < -0.39 is 87.5 Å². The predicted molar refractivity (Wildman–Crippen MR) is 177 cm³/mol. The normalized spacial score (nSPS) is 18.3. The third kappa shape index (κ3) is 6.52. The molecule has 8 nitrogen and oxygen atoms in total. The van der Waals surface area contributed by atoms with Crippen molar-refractivity contribution in [2.24, 2.45) is 13.0 Å². The van der Waals surface area contributed by atoms with Crippen LogP contribution < -0.4 is 0 Å². The van der Waals surface area contributed by atoms with Crippen molar-refractivity contribution in [1.82, 2.24) is 24.5 Å². The quantitative estimate of drug-likeness (QED) is 0.0995. The number of aryl methyl sites for hydroxylation is 1. The summed E-state index contributed by atoms with van der Waals surface area (Å²) in [4.78, 5) is 18.3. The van der Waals surface area contributed by atoms with E-state index in [1.807, 2.05) is 0 Å². The highest BCUT2D eigenvalue weighted by atomic mass is 35.5. The summed E-state index contributed by atoms with van der Waals surface area (Å²) in [6.45, 7) is -0.768. The van der Waals surface area contributed by atoms with Crippen molar-refractivity contribution in [3.8, 4) is 11.1 Å². The number of carbonyl (C=O) groups excluding carboxylic acids is 1. The first kappa shape index (κ1) is 35.5. The third-order valence-corrected chi connectivity index (χ3v) is 10.7. The zero-order chi connectivity index (χ0) is 36.7. The summed E-state index contributed by atoms with van der Waals surface area (Å²) in [6, 6.07) is 9.08. The molecule has 2 aliphatic carbocycles. The van der Waals surface area contributed by atoms with Gasteiger partial charge in [0.15, 0.2) is 15.6 Å². The van der Waals surface area contributed by atoms with Gasteiger partial charge in [-0.25, -0.2) is 31.0 Å². The molecule has 51 heavy (non-hydrogen) atoms. The number of alkyl halides is 4. The Hall–Kier alpha value is -3.95. The molecule has 0 amide bonds. The second kappa shape index (κ2) is 12.6. The maximum absolute atomic E-state index is 15.3. The van der Waals surface area contributed by atoms with E-state index in [1.165, 1.54) is 16.8 Å². The number of rotatable bonds is 11. The number of pyridine rings is 1. The molecule has 17 heteroatoms. The fourth-order valence-corrected chi connectivity index (χ4v) is 8.49. The molecule has 2 aliphatic rings. The topological polar surface area (TPSA) is 99.7 Å². The minimum Gasteiger partial charge on any atom is -0.298 e. The Balaban J connectivity index is 1.33. The van der Waals surface area contributed by atoms with Gasteiger partial charge in [0.2, 0.25) is 0 Å². The standard InChI is InChI=1S/C34H27Cl2F6N5O3S/c1-46-31-21(3-5-24(35)28(31)25(44-46)14-51(2,49)50)20-4-6-26(36)43-29(20)16(7-15-8-17(37)11-18(38)9-15)10-19(48)13-47-32-27(30(45-47)33(39)40)22-12-23(22)34(32,41)42/h3-6,8-9,11,16,22-23,33H,7,10,12-14H2,1-2H3/t16-,22+,23-/m1/s1. The molecule has 268 valence electrons. The van der Waals surface area contributed by atoms with Crippen LogP contribution in [-0.2, 0) is 46.3 Å². The van der Waals surface area contributed by atoms with Gasteiger partial charge in [-0.15, -0.1) is 0 Å². The van der Waals surface area contributed by atoms with Crippen LogP contribution in [0.4, 0.5) is 26.3 Å². The first-order valence-electron chi connectivity index (χ1n) is 15.6. The highest BCUT2D eigenvalue weighted by Gasteiger charge is 2.67. The van der Waals surface area contributed by atoms with Gasteiger partial charge in [-0.2, -0.15) is 19.0 Å². The number of hydrogen-bond acceptors (Lipinski definition) is 6. The summed E-state index contributed by atoms with van der Waals surface area (Å²) in [5.74, 6) is -9.18. The van der Waals surface area contributed by atoms with E-state index in [-0.39, 0.29) is 45.5 Å². The number of Topliss-reactive ketones (excluding diaryl/α,β-unsaturated/α-hetero) is 1. The lowest BCUT2D eigenvalue weighted by Gasteiger charge is -2.21. The molecule has 3 atom stereocenters. The molecule has 0 radical (unpaired) electrons. The van der Waals surface area contributed by atoms with Gasteiger partial charge in [-0.1, -0.05) is 29.3 Å². The second-order valence-electron chi connectivity index (χ2n) is 13.1. The fourth-order valence-electron chi connectivity index (χ4n) is 7.38. The van der Waals surface area contributed by atoms with Crippen LogP contribution >= 0.6 is 23.2 Å². The fraction of sp³-hybridized carbons (Fsp3) is 0.353. The van der Waals surface area contributed by atoms with Crippen LogP contribution in [0.1, 0.15) is 65.0 Å². The highest BCUT2D eigenvalue weighted by molar-refractivity contribution is 7.89. The minimum atomic E-state index is -3.53. The van der Waals surface area contributed by atoms with Gasteiger partial charge in [0, 0.05) is 59.7 Å². The van der Waals surface area contributed by atoms with E-state index in [0.717, 1.165) is 18.4 Å². The third-order valence-electron chi connectivity index (χ3n) is 9.35. The SMILES string of the molecule is Cn1nc(CS(C)(=O)=O)c2c(Cl)ccc(-c3ccc(Cl)nc3[C@@H](CC(=O)Cn3nc(C(F)F)c4c3C(F)(F)[C@@H]3C[C@H]43)Cc3cc(F)cc(F)c3)c21. The molecule has 7 rings (SSSR count). The van der Waals surface area contributed by atoms with E-state index >= 15 is 8.78 Å². The van der Waals surface area contributed by atoms with E-state index in [2.05, 4.69) is 15.2 Å². The van der Waals surface area contributed by atoms with Crippen LogP contribution in [0.25, 0.3) is 22.0 Å². The summed E-state index contributed by atoms with van der Waals surface area (Å²) in [5, 5.41) is 8.72. The molecule has 5 aromatic rings. The Kier molecular flexibility index (Phi) is 8.77. The van der Waals surface area contributed by atoms with Gasteiger partial charge in [0.25, 0.3) is 12.3 Å². The highest BCUT2D eigenvalue weighted by Crippen LogP contribution is 2.68. The van der Waals surface area contributed by atoms with Gasteiger partial charge >= 0.3 is 0 Å². The Labute approximate surface area is 297 Å². The molecule has 0 saturated heterocycles. The van der Waals surface area contributed by atoms with E-state index in [0.29, 0.717) is 32.8 Å². The van der Waals surface area contributed by atoms with Crippen LogP contribution in [-0.4, -0.2) is 45.0 Å². The molecule has 0 spiro atoms. The Bertz CT molecular complexity index is 2340. The number of ketones is 1. The zero-order valence-corrected chi connectivity index (χ0v) is 29.1. The van der Waals surface area contributed by atoms with Gasteiger partial charge in [0.05, 0.1) is 27.7 Å². The number of fused-ring (bicyclic) bond motifs is 4. The van der Waals surface area contributed by atoms with Crippen molar-refractivity contribution >= 4 is 49.7 Å². The van der Waals surface area contributed by atoms with Crippen molar-refractivity contribution in [3.05, 3.63) is 98.2 Å². The van der Waals surface area contributed by atoms with Crippen molar-refractivity contribution in [3.63, 3.8) is 0 Å². The van der Waals surface area contributed by atoms with Gasteiger partial charge in [-0.3, -0.25) is 14.2 Å². The Morgan fingerprint density at radius 2 is 1.71 bits per heavy atom. The van der Waals surface area contributed by atoms with Crippen LogP contribution in [0.5, 0.6) is 0 Å². The number of sulfone groups is 1. The lowest BCUT2D eigenvalue weighted by Crippen LogP contribution is -2.24. The van der Waals surface area contributed by atoms with Crippen LogP contribution in [0.2, 0.25) is 10.2 Å². The number of benzene rings is 2. The van der Waals surface area contributed by atoms with Gasteiger partial charge in [0.1, 0.15) is 34.7 Å². The smallest absolute Gasteiger partial charge is 0.293 e. The number of nitrogens with zero attached hydrogens (tertiary/aromatic N) is 5. The van der Waals surface area contributed by atoms with Crippen molar-refractivity contribution in [1.29, 1.82) is 0 Å². The molecule has 0 unspecified atom stereocenters. The molecule has 3 aromatic heterocycles. The summed E-state index contributed by atoms with van der Waals surface area (Å²) in [6.07, 6.45) is -2.64. The van der Waals surface area contributed by atoms with E-state index in [9.17, 15) is 30.8 Å². The molecule has 2 aromatic carbocycles. The van der Waals surface area contributed by atoms with Crippen molar-refractivity contribution in [2.45, 2.75) is 55.7 Å². The largest absolute Gasteiger partial charge is 0.298 e. The summed E-state index contributed by atoms with van der Waals surface area (Å²) in [5.41, 5.74) is 0.0952. The molecule has 0 bridgehead atoms. The second-order valence-corrected chi connectivity index (χ2v) is 16.1. The average molecular weight is 771 g/mol. The maximum atomic E-state index is 15.3. The lowest BCUT2D eigenvalue weighted by molar-refractivity contribution is -0.120. The molecule has 0 N–H and O–H groups in total. The molecular weight excluding hydrogens is 743 g/mol. The predicted octanol–water partition coefficient (Wildman–Crippen LogP) is 8.09. The van der Waals surface area contributed by atoms with E-state index in [4.69, 9.17) is 23.2 Å². The maximum Gasteiger partial charge on any atom is 0.293 e. The minimum absolute atomic E-state index is 0.00469. The number of halogens is 8. The number of aromatic nitrogens is 5. The van der Waals surface area contributed by atoms with Crippen LogP contribution in [0.3, 0.4) is 0 Å². The van der Waals surface area contributed by atoms with Crippen LogP contribution in [0, 0.1) is 17.6 Å². The molecular formula is C34H27Cl2F6N5O3S. The summed E-state index contributed by atoms with van der Waals surface area (Å²) >= 11 is 12.9. The Morgan fingerprint density at radius 3 is 2.37 bits per heavy atom. The molecule has 1 saturated carbocycles. The van der Waals surface area contributed by atoms with Crippen LogP contribution in [0.15, 0.2) is 42.5 Å². The van der Waals surface area contributed by atoms with Crippen molar-refractivity contribution in [2.75, 3.05) is 6.26 Å². The van der Waals surface area contributed by atoms with Gasteiger partial charge < -0.3 is 0 Å².